The Kier molecular flexibility index (Phi) is 2.83. The first-order valence-corrected chi connectivity index (χ1v) is 6.26. The monoisotopic (exact) mass is 253 g/mol. The molecule has 0 fully saturated rings. The van der Waals surface area contributed by atoms with Gasteiger partial charge in [0.1, 0.15) is 5.52 Å². The van der Waals surface area contributed by atoms with Crippen LogP contribution in [0.3, 0.4) is 0 Å². The van der Waals surface area contributed by atoms with Gasteiger partial charge in [0, 0.05) is 17.4 Å². The van der Waals surface area contributed by atoms with Crippen molar-refractivity contribution >= 4 is 28.5 Å². The van der Waals surface area contributed by atoms with Gasteiger partial charge in [0.25, 0.3) is 6.01 Å². The average Bonchev–Trinajstić information content (AvgIpc) is 2.80. The first-order valence-electron chi connectivity index (χ1n) is 6.26. The van der Waals surface area contributed by atoms with Crippen LogP contribution in [0.25, 0.3) is 11.1 Å². The Labute approximate surface area is 111 Å². The van der Waals surface area contributed by atoms with Crippen molar-refractivity contribution in [1.82, 2.24) is 4.98 Å². The summed E-state index contributed by atoms with van der Waals surface area (Å²) in [5.74, 6) is 0. The number of rotatable bonds is 3. The second-order valence-corrected chi connectivity index (χ2v) is 4.43. The molecule has 4 nitrogen and oxygen atoms in total. The normalized spacial score (nSPS) is 10.8. The van der Waals surface area contributed by atoms with Crippen molar-refractivity contribution in [2.24, 2.45) is 0 Å². The maximum Gasteiger partial charge on any atom is 0.300 e. The van der Waals surface area contributed by atoms with Crippen molar-refractivity contribution in [3.8, 4) is 0 Å². The molecule has 1 aromatic heterocycles. The van der Waals surface area contributed by atoms with Crippen LogP contribution in [0.15, 0.2) is 46.9 Å². The van der Waals surface area contributed by atoms with Gasteiger partial charge in [-0.3, -0.25) is 0 Å². The number of aromatic nitrogens is 1. The molecule has 0 bridgehead atoms. The van der Waals surface area contributed by atoms with Crippen LogP contribution >= 0.6 is 0 Å². The number of hydrogen-bond donors (Lipinski definition) is 2. The third-order valence-corrected chi connectivity index (χ3v) is 3.00. The fraction of sp³-hybridized carbons (Fsp3) is 0.133. The molecule has 96 valence electrons. The third-order valence-electron chi connectivity index (χ3n) is 3.00. The van der Waals surface area contributed by atoms with E-state index in [1.165, 1.54) is 5.56 Å². The second-order valence-electron chi connectivity index (χ2n) is 4.43. The second kappa shape index (κ2) is 4.65. The highest BCUT2D eigenvalue weighted by atomic mass is 16.4. The van der Waals surface area contributed by atoms with E-state index in [1.54, 1.807) is 6.07 Å². The Morgan fingerprint density at radius 3 is 2.95 bits per heavy atom. The quantitative estimate of drug-likeness (QED) is 0.698. The molecular formula is C15H15N3O. The molecule has 19 heavy (non-hydrogen) atoms. The third kappa shape index (κ3) is 2.38. The molecule has 3 N–H and O–H groups in total. The molecule has 0 aliphatic heterocycles. The average molecular weight is 253 g/mol. The van der Waals surface area contributed by atoms with E-state index in [0.29, 0.717) is 17.3 Å². The zero-order chi connectivity index (χ0) is 13.2. The first-order chi connectivity index (χ1) is 9.24. The molecule has 3 rings (SSSR count). The van der Waals surface area contributed by atoms with Crippen molar-refractivity contribution < 1.29 is 4.42 Å². The summed E-state index contributed by atoms with van der Waals surface area (Å²) in [4.78, 5) is 4.37. The summed E-state index contributed by atoms with van der Waals surface area (Å²) >= 11 is 0. The Morgan fingerprint density at radius 2 is 2.11 bits per heavy atom. The van der Waals surface area contributed by atoms with Gasteiger partial charge in [-0.2, -0.15) is 4.98 Å². The Morgan fingerprint density at radius 1 is 1.21 bits per heavy atom. The van der Waals surface area contributed by atoms with Crippen LogP contribution in [-0.4, -0.2) is 4.98 Å². The number of nitrogen functional groups attached to an aromatic ring is 1. The highest BCUT2D eigenvalue weighted by Gasteiger charge is 2.06. The molecule has 0 aliphatic carbocycles. The van der Waals surface area contributed by atoms with Gasteiger partial charge in [-0.15, -0.1) is 0 Å². The van der Waals surface area contributed by atoms with Gasteiger partial charge in [0.05, 0.1) is 0 Å². The number of nitrogens with zero attached hydrogens (tertiary/aromatic N) is 1. The van der Waals surface area contributed by atoms with E-state index in [4.69, 9.17) is 10.2 Å². The summed E-state index contributed by atoms with van der Waals surface area (Å²) in [5, 5.41) is 3.17. The number of hydrogen-bond acceptors (Lipinski definition) is 4. The maximum atomic E-state index is 5.72. The van der Waals surface area contributed by atoms with Crippen LogP contribution < -0.4 is 11.1 Å². The molecule has 0 aliphatic rings. The summed E-state index contributed by atoms with van der Waals surface area (Å²) in [6.07, 6.45) is 1.000. The zero-order valence-corrected chi connectivity index (χ0v) is 10.7. The number of nitrogens with two attached hydrogens (primary N) is 1. The van der Waals surface area contributed by atoms with E-state index < -0.39 is 0 Å². The van der Waals surface area contributed by atoms with Crippen LogP contribution in [0.4, 0.5) is 17.4 Å². The summed E-state index contributed by atoms with van der Waals surface area (Å²) in [7, 11) is 0. The molecule has 3 aromatic rings. The first kappa shape index (κ1) is 11.6. The summed E-state index contributed by atoms with van der Waals surface area (Å²) in [5.41, 5.74) is 10.1. The molecule has 0 radical (unpaired) electrons. The van der Waals surface area contributed by atoms with Crippen LogP contribution in [0.5, 0.6) is 0 Å². The highest BCUT2D eigenvalue weighted by molar-refractivity contribution is 5.78. The zero-order valence-electron chi connectivity index (χ0n) is 10.7. The molecular weight excluding hydrogens is 238 g/mol. The van der Waals surface area contributed by atoms with Gasteiger partial charge in [-0.25, -0.2) is 0 Å². The lowest BCUT2D eigenvalue weighted by Gasteiger charge is -2.03. The molecule has 0 amide bonds. The van der Waals surface area contributed by atoms with Gasteiger partial charge < -0.3 is 15.5 Å². The van der Waals surface area contributed by atoms with E-state index in [2.05, 4.69) is 29.4 Å². The SMILES string of the molecule is CCc1cccc(Nc2nc3ccc(N)cc3o2)c1. The minimum atomic E-state index is 0.480. The topological polar surface area (TPSA) is 64.1 Å². The van der Waals surface area contributed by atoms with E-state index >= 15 is 0 Å². The predicted octanol–water partition coefficient (Wildman–Crippen LogP) is 3.72. The van der Waals surface area contributed by atoms with Crippen molar-refractivity contribution in [3.05, 3.63) is 48.0 Å². The number of fused-ring (bicyclic) bond motifs is 1. The van der Waals surface area contributed by atoms with Crippen molar-refractivity contribution in [1.29, 1.82) is 0 Å². The van der Waals surface area contributed by atoms with Crippen molar-refractivity contribution in [2.45, 2.75) is 13.3 Å². The maximum absolute atomic E-state index is 5.72. The van der Waals surface area contributed by atoms with E-state index in [0.717, 1.165) is 17.6 Å². The minimum absolute atomic E-state index is 0.480. The minimum Gasteiger partial charge on any atom is -0.423 e. The lowest BCUT2D eigenvalue weighted by Crippen LogP contribution is -1.91. The lowest BCUT2D eigenvalue weighted by atomic mass is 10.1. The van der Waals surface area contributed by atoms with E-state index in [-0.39, 0.29) is 0 Å². The Balaban J connectivity index is 1.92. The van der Waals surface area contributed by atoms with Crippen LogP contribution in [0.1, 0.15) is 12.5 Å². The van der Waals surface area contributed by atoms with Gasteiger partial charge in [0.2, 0.25) is 0 Å². The fourth-order valence-corrected chi connectivity index (χ4v) is 1.99. The molecule has 4 heteroatoms. The smallest absolute Gasteiger partial charge is 0.300 e. The molecule has 0 saturated heterocycles. The molecule has 0 unspecified atom stereocenters. The Hall–Kier alpha value is -2.49. The summed E-state index contributed by atoms with van der Waals surface area (Å²) < 4.78 is 5.62. The number of benzene rings is 2. The van der Waals surface area contributed by atoms with Gasteiger partial charge in [-0.1, -0.05) is 19.1 Å². The molecule has 2 aromatic carbocycles. The van der Waals surface area contributed by atoms with E-state index in [1.807, 2.05) is 24.3 Å². The van der Waals surface area contributed by atoms with Crippen LogP contribution in [-0.2, 0) is 6.42 Å². The number of nitrogens with one attached hydrogen (secondary N) is 1. The lowest BCUT2D eigenvalue weighted by molar-refractivity contribution is 0.623. The van der Waals surface area contributed by atoms with Gasteiger partial charge in [0.15, 0.2) is 5.58 Å². The highest BCUT2D eigenvalue weighted by Crippen LogP contribution is 2.24. The fourth-order valence-electron chi connectivity index (χ4n) is 1.99. The standard InChI is InChI=1S/C15H15N3O/c1-2-10-4-3-5-12(8-10)17-15-18-13-7-6-11(16)9-14(13)19-15/h3-9H,2,16H2,1H3,(H,17,18). The summed E-state index contributed by atoms with van der Waals surface area (Å²) in [6, 6.07) is 14.1. The molecule has 0 spiro atoms. The van der Waals surface area contributed by atoms with Crippen LogP contribution in [0.2, 0.25) is 0 Å². The predicted molar refractivity (Wildman–Crippen MR) is 77.5 cm³/mol. The molecule has 0 saturated carbocycles. The van der Waals surface area contributed by atoms with Gasteiger partial charge >= 0.3 is 0 Å². The number of anilines is 3. The molecule has 1 heterocycles. The largest absolute Gasteiger partial charge is 0.423 e. The van der Waals surface area contributed by atoms with Crippen molar-refractivity contribution in [3.63, 3.8) is 0 Å². The number of oxazole rings is 1. The van der Waals surface area contributed by atoms with Crippen molar-refractivity contribution in [2.75, 3.05) is 11.1 Å². The van der Waals surface area contributed by atoms with E-state index in [9.17, 15) is 0 Å². The van der Waals surface area contributed by atoms with Crippen LogP contribution in [0, 0.1) is 0 Å². The number of aryl methyl sites for hydroxylation is 1. The summed E-state index contributed by atoms with van der Waals surface area (Å²) in [6.45, 7) is 2.13. The van der Waals surface area contributed by atoms with Gasteiger partial charge in [-0.05, 0) is 36.2 Å². The molecule has 0 atom stereocenters. The Bertz CT molecular complexity index is 718.